The molecular formula is C31H31N3O5. The molecule has 0 bridgehead atoms. The average Bonchev–Trinajstić information content (AvgIpc) is 3.23. The summed E-state index contributed by atoms with van der Waals surface area (Å²) in [6.45, 7) is 11.1. The number of ether oxygens (including phenoxy) is 1. The Bertz CT molecular complexity index is 1670. The highest BCUT2D eigenvalue weighted by atomic mass is 16.6. The number of hydrogen-bond donors (Lipinski definition) is 1. The van der Waals surface area contributed by atoms with Crippen LogP contribution in [0, 0.1) is 13.8 Å². The van der Waals surface area contributed by atoms with Gasteiger partial charge in [-0.05, 0) is 76.9 Å². The van der Waals surface area contributed by atoms with Gasteiger partial charge in [-0.1, -0.05) is 18.2 Å². The molecule has 0 fully saturated rings. The van der Waals surface area contributed by atoms with Gasteiger partial charge in [0.2, 0.25) is 0 Å². The number of rotatable bonds is 4. The maximum atomic E-state index is 13.4. The van der Waals surface area contributed by atoms with E-state index in [2.05, 4.69) is 10.3 Å². The van der Waals surface area contributed by atoms with Gasteiger partial charge in [-0.3, -0.25) is 14.6 Å². The van der Waals surface area contributed by atoms with Crippen LogP contribution in [-0.4, -0.2) is 27.5 Å². The number of carbonyl (C=O) groups is 2. The summed E-state index contributed by atoms with van der Waals surface area (Å²) in [6, 6.07) is 12.6. The predicted molar refractivity (Wildman–Crippen MR) is 150 cm³/mol. The molecule has 0 saturated carbocycles. The maximum Gasteiger partial charge on any atom is 0.417 e. The molecule has 0 radical (unpaired) electrons. The van der Waals surface area contributed by atoms with Crippen molar-refractivity contribution in [2.45, 2.75) is 59.7 Å². The molecule has 5 rings (SSSR count). The Morgan fingerprint density at radius 1 is 1.13 bits per heavy atom. The second-order valence-electron chi connectivity index (χ2n) is 10.9. The Kier molecular flexibility index (Phi) is 6.50. The highest BCUT2D eigenvalue weighted by molar-refractivity contribution is 6.10. The third-order valence-electron chi connectivity index (χ3n) is 6.71. The first-order chi connectivity index (χ1) is 18.4. The average molecular weight is 526 g/mol. The predicted octanol–water partition coefficient (Wildman–Crippen LogP) is 6.54. The summed E-state index contributed by atoms with van der Waals surface area (Å²) in [5.41, 5.74) is 4.34. The first kappa shape index (κ1) is 26.2. The van der Waals surface area contributed by atoms with Crippen molar-refractivity contribution in [1.82, 2.24) is 9.88 Å². The first-order valence-electron chi connectivity index (χ1n) is 12.9. The Morgan fingerprint density at radius 2 is 1.90 bits per heavy atom. The fraction of sp³-hybridized carbons (Fsp3) is 0.290. The smallest absolute Gasteiger partial charge is 0.417 e. The lowest BCUT2D eigenvalue weighted by Crippen LogP contribution is -2.37. The van der Waals surface area contributed by atoms with Gasteiger partial charge in [0.05, 0.1) is 23.5 Å². The molecule has 200 valence electrons. The van der Waals surface area contributed by atoms with Gasteiger partial charge in [-0.25, -0.2) is 9.69 Å². The van der Waals surface area contributed by atoms with E-state index < -0.39 is 17.6 Å². The Labute approximate surface area is 226 Å². The van der Waals surface area contributed by atoms with Gasteiger partial charge in [-0.15, -0.1) is 0 Å². The summed E-state index contributed by atoms with van der Waals surface area (Å²) < 4.78 is 11.8. The van der Waals surface area contributed by atoms with Gasteiger partial charge >= 0.3 is 6.09 Å². The molecule has 1 N–H and O–H groups in total. The summed E-state index contributed by atoms with van der Waals surface area (Å²) in [6.07, 6.45) is 2.66. The standard InChI is InChI=1S/C31H31N3O5/c1-17-13-22(28-23(14-17)26(35)18(2)27(38-28)20-10-8-12-32-15-20)19(3)33-24-11-7-9-21-16-34(29(36)25(21)24)30(37)39-31(4,5)6/h7-15,19,33H,16H2,1-6H3/t19-/m1/s1. The van der Waals surface area contributed by atoms with E-state index in [4.69, 9.17) is 9.15 Å². The molecule has 39 heavy (non-hydrogen) atoms. The lowest BCUT2D eigenvalue weighted by atomic mass is 9.98. The summed E-state index contributed by atoms with van der Waals surface area (Å²) in [7, 11) is 0. The van der Waals surface area contributed by atoms with Crippen molar-refractivity contribution in [1.29, 1.82) is 0 Å². The number of hydrogen-bond acceptors (Lipinski definition) is 7. The Hall–Kier alpha value is -4.46. The monoisotopic (exact) mass is 525 g/mol. The summed E-state index contributed by atoms with van der Waals surface area (Å²) in [5, 5.41) is 3.93. The van der Waals surface area contributed by atoms with Gasteiger partial charge < -0.3 is 14.5 Å². The van der Waals surface area contributed by atoms with Crippen LogP contribution in [0.1, 0.15) is 66.3 Å². The number of imide groups is 1. The number of benzene rings is 2. The summed E-state index contributed by atoms with van der Waals surface area (Å²) >= 11 is 0. The molecule has 8 nitrogen and oxygen atoms in total. The van der Waals surface area contributed by atoms with Crippen molar-refractivity contribution in [3.8, 4) is 11.3 Å². The molecule has 1 aliphatic heterocycles. The lowest BCUT2D eigenvalue weighted by Gasteiger charge is -2.23. The fourth-order valence-electron chi connectivity index (χ4n) is 4.92. The highest BCUT2D eigenvalue weighted by Crippen LogP contribution is 2.35. The van der Waals surface area contributed by atoms with E-state index in [1.165, 1.54) is 0 Å². The molecule has 0 unspecified atom stereocenters. The van der Waals surface area contributed by atoms with Crippen LogP contribution in [0.15, 0.2) is 64.1 Å². The van der Waals surface area contributed by atoms with E-state index in [9.17, 15) is 14.4 Å². The number of carbonyl (C=O) groups excluding carboxylic acids is 2. The maximum absolute atomic E-state index is 13.4. The zero-order valence-corrected chi connectivity index (χ0v) is 22.9. The molecule has 2 aromatic carbocycles. The molecule has 2 aromatic heterocycles. The number of nitrogens with zero attached hydrogens (tertiary/aromatic N) is 2. The molecule has 3 heterocycles. The quantitative estimate of drug-likeness (QED) is 0.323. The molecule has 2 amide bonds. The zero-order chi connectivity index (χ0) is 28.1. The number of amides is 2. The number of fused-ring (bicyclic) bond motifs is 2. The Morgan fingerprint density at radius 3 is 2.59 bits per heavy atom. The van der Waals surface area contributed by atoms with Crippen LogP contribution in [0.2, 0.25) is 0 Å². The van der Waals surface area contributed by atoms with Crippen LogP contribution in [0.4, 0.5) is 10.5 Å². The second-order valence-corrected chi connectivity index (χ2v) is 10.9. The number of anilines is 1. The molecule has 1 atom stereocenters. The number of nitrogens with one attached hydrogen (secondary N) is 1. The summed E-state index contributed by atoms with van der Waals surface area (Å²) in [5.74, 6) is 0.0614. The van der Waals surface area contributed by atoms with Crippen LogP contribution in [-0.2, 0) is 11.3 Å². The van der Waals surface area contributed by atoms with E-state index in [-0.39, 0.29) is 18.0 Å². The highest BCUT2D eigenvalue weighted by Gasteiger charge is 2.37. The topological polar surface area (TPSA) is 102 Å². The second kappa shape index (κ2) is 9.69. The molecule has 0 aliphatic carbocycles. The third-order valence-corrected chi connectivity index (χ3v) is 6.71. The molecule has 4 aromatic rings. The fourth-order valence-corrected chi connectivity index (χ4v) is 4.92. The molecule has 1 aliphatic rings. The van der Waals surface area contributed by atoms with Gasteiger partial charge in [0.15, 0.2) is 5.43 Å². The van der Waals surface area contributed by atoms with Gasteiger partial charge in [0.25, 0.3) is 5.91 Å². The van der Waals surface area contributed by atoms with Gasteiger partial charge in [-0.2, -0.15) is 0 Å². The molecule has 0 spiro atoms. The minimum atomic E-state index is -0.717. The zero-order valence-electron chi connectivity index (χ0n) is 22.9. The normalized spacial score (nSPS) is 13.9. The SMILES string of the molecule is Cc1cc([C@@H](C)Nc2cccc3c2C(=O)N(C(=O)OC(C)(C)C)C3)c2oc(-c3cccnc3)c(C)c(=O)c2c1. The van der Waals surface area contributed by atoms with Gasteiger partial charge in [0.1, 0.15) is 16.9 Å². The van der Waals surface area contributed by atoms with Crippen LogP contribution < -0.4 is 10.7 Å². The number of aryl methyl sites for hydroxylation is 1. The Balaban J connectivity index is 1.54. The minimum absolute atomic E-state index is 0.101. The van der Waals surface area contributed by atoms with Gasteiger partial charge in [0, 0.05) is 34.8 Å². The number of aromatic nitrogens is 1. The van der Waals surface area contributed by atoms with Crippen LogP contribution in [0.3, 0.4) is 0 Å². The van der Waals surface area contributed by atoms with Crippen molar-refractivity contribution < 1.29 is 18.7 Å². The third kappa shape index (κ3) is 4.90. The number of pyridine rings is 1. The van der Waals surface area contributed by atoms with E-state index >= 15 is 0 Å². The summed E-state index contributed by atoms with van der Waals surface area (Å²) in [4.78, 5) is 44.7. The van der Waals surface area contributed by atoms with E-state index in [1.54, 1.807) is 46.2 Å². The van der Waals surface area contributed by atoms with Crippen molar-refractivity contribution in [3.63, 3.8) is 0 Å². The lowest BCUT2D eigenvalue weighted by molar-refractivity contribution is 0.0248. The minimum Gasteiger partial charge on any atom is -0.455 e. The van der Waals surface area contributed by atoms with Crippen molar-refractivity contribution in [2.75, 3.05) is 5.32 Å². The van der Waals surface area contributed by atoms with Crippen LogP contribution in [0.5, 0.6) is 0 Å². The van der Waals surface area contributed by atoms with Crippen molar-refractivity contribution >= 4 is 28.7 Å². The van der Waals surface area contributed by atoms with Crippen LogP contribution >= 0.6 is 0 Å². The molecular weight excluding hydrogens is 494 g/mol. The van der Waals surface area contributed by atoms with Crippen molar-refractivity contribution in [3.05, 3.63) is 92.9 Å². The van der Waals surface area contributed by atoms with E-state index in [0.29, 0.717) is 33.5 Å². The van der Waals surface area contributed by atoms with Crippen molar-refractivity contribution in [2.24, 2.45) is 0 Å². The van der Waals surface area contributed by atoms with E-state index in [1.807, 2.05) is 50.2 Å². The first-order valence-corrected chi connectivity index (χ1v) is 12.9. The van der Waals surface area contributed by atoms with Crippen LogP contribution in [0.25, 0.3) is 22.3 Å². The molecule has 0 saturated heterocycles. The largest absolute Gasteiger partial charge is 0.455 e. The van der Waals surface area contributed by atoms with E-state index in [0.717, 1.165) is 27.2 Å². The molecule has 8 heteroatoms.